The SMILES string of the molecule is CC(NCCCC(=O)NC1CC1)c1cccc(Cl)c1Cl. The van der Waals surface area contributed by atoms with Crippen molar-refractivity contribution in [2.45, 2.75) is 44.7 Å². The van der Waals surface area contributed by atoms with Gasteiger partial charge in [-0.1, -0.05) is 35.3 Å². The third kappa shape index (κ3) is 4.65. The lowest BCUT2D eigenvalue weighted by Gasteiger charge is -2.16. The van der Waals surface area contributed by atoms with E-state index in [1.807, 2.05) is 19.1 Å². The van der Waals surface area contributed by atoms with E-state index in [-0.39, 0.29) is 11.9 Å². The summed E-state index contributed by atoms with van der Waals surface area (Å²) in [6.45, 7) is 2.82. The van der Waals surface area contributed by atoms with Gasteiger partial charge in [-0.3, -0.25) is 4.79 Å². The normalized spacial score (nSPS) is 15.9. The zero-order valence-corrected chi connectivity index (χ0v) is 13.1. The van der Waals surface area contributed by atoms with E-state index in [2.05, 4.69) is 10.6 Å². The zero-order chi connectivity index (χ0) is 14.5. The van der Waals surface area contributed by atoms with Gasteiger partial charge < -0.3 is 10.6 Å². The van der Waals surface area contributed by atoms with Crippen molar-refractivity contribution in [3.63, 3.8) is 0 Å². The molecule has 20 heavy (non-hydrogen) atoms. The van der Waals surface area contributed by atoms with E-state index in [0.717, 1.165) is 31.4 Å². The number of amides is 1. The maximum atomic E-state index is 11.5. The molecule has 1 amide bonds. The lowest BCUT2D eigenvalue weighted by molar-refractivity contribution is -0.121. The van der Waals surface area contributed by atoms with E-state index in [4.69, 9.17) is 23.2 Å². The predicted octanol–water partition coefficient (Wildman–Crippen LogP) is 3.70. The Bertz CT molecular complexity index is 475. The van der Waals surface area contributed by atoms with Crippen molar-refractivity contribution in [2.75, 3.05) is 6.54 Å². The van der Waals surface area contributed by atoms with Crippen LogP contribution < -0.4 is 10.6 Å². The summed E-state index contributed by atoms with van der Waals surface area (Å²) in [7, 11) is 0. The Hall–Kier alpha value is -0.770. The van der Waals surface area contributed by atoms with Gasteiger partial charge in [-0.15, -0.1) is 0 Å². The summed E-state index contributed by atoms with van der Waals surface area (Å²) < 4.78 is 0. The van der Waals surface area contributed by atoms with Crippen LogP contribution in [0.3, 0.4) is 0 Å². The number of carbonyl (C=O) groups is 1. The number of halogens is 2. The zero-order valence-electron chi connectivity index (χ0n) is 11.6. The van der Waals surface area contributed by atoms with Crippen molar-refractivity contribution in [2.24, 2.45) is 0 Å². The van der Waals surface area contributed by atoms with Gasteiger partial charge in [-0.2, -0.15) is 0 Å². The van der Waals surface area contributed by atoms with Gasteiger partial charge in [0.05, 0.1) is 10.0 Å². The molecular formula is C15H20Cl2N2O. The van der Waals surface area contributed by atoms with Crippen LogP contribution in [-0.2, 0) is 4.79 Å². The second kappa shape index (κ2) is 7.30. The lowest BCUT2D eigenvalue weighted by Crippen LogP contribution is -2.27. The van der Waals surface area contributed by atoms with Crippen LogP contribution in [0.4, 0.5) is 0 Å². The molecule has 3 nitrogen and oxygen atoms in total. The molecule has 0 spiro atoms. The van der Waals surface area contributed by atoms with Crippen molar-refractivity contribution in [1.29, 1.82) is 0 Å². The summed E-state index contributed by atoms with van der Waals surface area (Å²) in [5.41, 5.74) is 0.988. The Morgan fingerprint density at radius 2 is 2.15 bits per heavy atom. The predicted molar refractivity (Wildman–Crippen MR) is 83.3 cm³/mol. The highest BCUT2D eigenvalue weighted by Gasteiger charge is 2.22. The second-order valence-corrected chi connectivity index (χ2v) is 6.05. The molecule has 1 aromatic rings. The molecule has 1 aromatic carbocycles. The Balaban J connectivity index is 1.70. The number of hydrogen-bond donors (Lipinski definition) is 2. The van der Waals surface area contributed by atoms with Crippen molar-refractivity contribution >= 4 is 29.1 Å². The fourth-order valence-electron chi connectivity index (χ4n) is 2.06. The molecule has 1 aliphatic rings. The molecule has 0 heterocycles. The molecule has 1 unspecified atom stereocenters. The van der Waals surface area contributed by atoms with Gasteiger partial charge in [0, 0.05) is 18.5 Å². The van der Waals surface area contributed by atoms with E-state index in [1.54, 1.807) is 6.07 Å². The average molecular weight is 315 g/mol. The van der Waals surface area contributed by atoms with Crippen molar-refractivity contribution in [3.05, 3.63) is 33.8 Å². The standard InChI is InChI=1S/C15H20Cl2N2O/c1-10(12-4-2-5-13(16)15(12)17)18-9-3-6-14(20)19-11-7-8-11/h2,4-5,10-11,18H,3,6-9H2,1H3,(H,19,20). The van der Waals surface area contributed by atoms with Gasteiger partial charge in [0.25, 0.3) is 0 Å². The molecule has 1 atom stereocenters. The largest absolute Gasteiger partial charge is 0.353 e. The minimum atomic E-state index is 0.118. The molecule has 110 valence electrons. The Kier molecular flexibility index (Phi) is 5.70. The van der Waals surface area contributed by atoms with E-state index < -0.39 is 0 Å². The third-order valence-corrected chi connectivity index (χ3v) is 4.26. The molecule has 2 N–H and O–H groups in total. The quantitative estimate of drug-likeness (QED) is 0.753. The van der Waals surface area contributed by atoms with Crippen LogP contribution in [0.15, 0.2) is 18.2 Å². The number of benzene rings is 1. The highest BCUT2D eigenvalue weighted by atomic mass is 35.5. The summed E-state index contributed by atoms with van der Waals surface area (Å²) in [6.07, 6.45) is 3.66. The molecule has 0 saturated heterocycles. The Labute approximate surface area is 130 Å². The summed E-state index contributed by atoms with van der Waals surface area (Å²) in [6, 6.07) is 6.20. The molecule has 1 saturated carbocycles. The first-order valence-electron chi connectivity index (χ1n) is 7.04. The summed E-state index contributed by atoms with van der Waals surface area (Å²) in [5.74, 6) is 0.155. The van der Waals surface area contributed by atoms with Gasteiger partial charge >= 0.3 is 0 Å². The van der Waals surface area contributed by atoms with E-state index in [0.29, 0.717) is 22.5 Å². The van der Waals surface area contributed by atoms with Crippen LogP contribution >= 0.6 is 23.2 Å². The van der Waals surface area contributed by atoms with Crippen LogP contribution in [0.1, 0.15) is 44.2 Å². The molecule has 1 fully saturated rings. The molecule has 2 rings (SSSR count). The average Bonchev–Trinajstić information content (AvgIpc) is 3.21. The minimum absolute atomic E-state index is 0.118. The molecule has 0 bridgehead atoms. The van der Waals surface area contributed by atoms with Crippen LogP contribution in [0.25, 0.3) is 0 Å². The van der Waals surface area contributed by atoms with Gasteiger partial charge in [-0.05, 0) is 44.4 Å². The maximum Gasteiger partial charge on any atom is 0.220 e. The van der Waals surface area contributed by atoms with E-state index in [9.17, 15) is 4.79 Å². The van der Waals surface area contributed by atoms with E-state index >= 15 is 0 Å². The van der Waals surface area contributed by atoms with Crippen molar-refractivity contribution < 1.29 is 4.79 Å². The minimum Gasteiger partial charge on any atom is -0.353 e. The first kappa shape index (κ1) is 15.6. The Morgan fingerprint density at radius 1 is 1.40 bits per heavy atom. The summed E-state index contributed by atoms with van der Waals surface area (Å²) >= 11 is 12.2. The fraction of sp³-hybridized carbons (Fsp3) is 0.533. The first-order valence-corrected chi connectivity index (χ1v) is 7.80. The van der Waals surface area contributed by atoms with E-state index in [1.165, 1.54) is 0 Å². The molecule has 5 heteroatoms. The Morgan fingerprint density at radius 3 is 2.85 bits per heavy atom. The molecule has 1 aliphatic carbocycles. The van der Waals surface area contributed by atoms with Gasteiger partial charge in [0.1, 0.15) is 0 Å². The summed E-state index contributed by atoms with van der Waals surface area (Å²) in [4.78, 5) is 11.5. The highest BCUT2D eigenvalue weighted by molar-refractivity contribution is 6.42. The smallest absolute Gasteiger partial charge is 0.220 e. The van der Waals surface area contributed by atoms with Crippen molar-refractivity contribution in [3.8, 4) is 0 Å². The number of rotatable bonds is 7. The van der Waals surface area contributed by atoms with Crippen LogP contribution in [0.5, 0.6) is 0 Å². The number of hydrogen-bond acceptors (Lipinski definition) is 2. The second-order valence-electron chi connectivity index (χ2n) is 5.26. The lowest BCUT2D eigenvalue weighted by atomic mass is 10.1. The van der Waals surface area contributed by atoms with Gasteiger partial charge in [0.15, 0.2) is 0 Å². The highest BCUT2D eigenvalue weighted by Crippen LogP contribution is 2.29. The third-order valence-electron chi connectivity index (χ3n) is 3.42. The maximum absolute atomic E-state index is 11.5. The number of carbonyl (C=O) groups excluding carboxylic acids is 1. The topological polar surface area (TPSA) is 41.1 Å². The first-order chi connectivity index (χ1) is 9.58. The van der Waals surface area contributed by atoms with Crippen LogP contribution in [0, 0.1) is 0 Å². The molecule has 0 aliphatic heterocycles. The van der Waals surface area contributed by atoms with Crippen LogP contribution in [0.2, 0.25) is 10.0 Å². The molecule has 0 radical (unpaired) electrons. The molecular weight excluding hydrogens is 295 g/mol. The summed E-state index contributed by atoms with van der Waals surface area (Å²) in [5, 5.41) is 7.52. The van der Waals surface area contributed by atoms with Gasteiger partial charge in [0.2, 0.25) is 5.91 Å². The monoisotopic (exact) mass is 314 g/mol. The number of nitrogens with one attached hydrogen (secondary N) is 2. The van der Waals surface area contributed by atoms with Gasteiger partial charge in [-0.25, -0.2) is 0 Å². The van der Waals surface area contributed by atoms with Crippen LogP contribution in [-0.4, -0.2) is 18.5 Å². The fourth-order valence-corrected chi connectivity index (χ4v) is 2.53. The van der Waals surface area contributed by atoms with Crippen molar-refractivity contribution in [1.82, 2.24) is 10.6 Å². The molecule has 0 aromatic heterocycles.